The number of hydrogen-bond donors (Lipinski definition) is 1. The van der Waals surface area contributed by atoms with Crippen LogP contribution < -0.4 is 10.9 Å². The molecule has 7 heteroatoms. The molecule has 3 heterocycles. The Morgan fingerprint density at radius 2 is 2.18 bits per heavy atom. The monoisotopic (exact) mass is 359 g/mol. The number of anilines is 1. The summed E-state index contributed by atoms with van der Waals surface area (Å²) in [7, 11) is 0. The fourth-order valence-corrected chi connectivity index (χ4v) is 3.12. The lowest BCUT2D eigenvalue weighted by atomic mass is 10.2. The average Bonchev–Trinajstić information content (AvgIpc) is 3.01. The van der Waals surface area contributed by atoms with Crippen LogP contribution in [-0.2, 0) is 6.54 Å². The second kappa shape index (κ2) is 5.17. The first kappa shape index (κ1) is 13.4. The zero-order chi connectivity index (χ0) is 15.1. The first-order valence-electron chi connectivity index (χ1n) is 6.81. The van der Waals surface area contributed by atoms with Gasteiger partial charge in [0, 0.05) is 24.8 Å². The maximum Gasteiger partial charge on any atom is 0.251 e. The summed E-state index contributed by atoms with van der Waals surface area (Å²) in [5, 5.41) is 3.30. The van der Waals surface area contributed by atoms with Crippen LogP contribution in [0.4, 0.5) is 15.9 Å². The lowest BCUT2D eigenvalue weighted by molar-refractivity contribution is 0.628. The van der Waals surface area contributed by atoms with Crippen molar-refractivity contribution in [2.24, 2.45) is 4.99 Å². The van der Waals surface area contributed by atoms with Crippen molar-refractivity contribution in [3.05, 3.63) is 52.4 Å². The van der Waals surface area contributed by atoms with E-state index < -0.39 is 0 Å². The third-order valence-corrected chi connectivity index (χ3v) is 4.12. The smallest absolute Gasteiger partial charge is 0.251 e. The number of nitrogens with zero attached hydrogens (tertiary/aromatic N) is 4. The molecule has 3 aliphatic rings. The van der Waals surface area contributed by atoms with Crippen molar-refractivity contribution in [2.45, 2.75) is 6.54 Å². The first-order valence-corrected chi connectivity index (χ1v) is 7.61. The van der Waals surface area contributed by atoms with Gasteiger partial charge in [0.2, 0.25) is 0 Å². The Hall–Kier alpha value is -2.28. The zero-order valence-corrected chi connectivity index (χ0v) is 13.0. The first-order chi connectivity index (χ1) is 10.7. The van der Waals surface area contributed by atoms with Gasteiger partial charge in [0.1, 0.15) is 23.1 Å². The van der Waals surface area contributed by atoms with Crippen molar-refractivity contribution in [3.63, 3.8) is 0 Å². The number of benzene rings is 1. The molecule has 0 unspecified atom stereocenters. The van der Waals surface area contributed by atoms with Gasteiger partial charge in [0.25, 0.3) is 5.62 Å². The lowest BCUT2D eigenvalue weighted by Gasteiger charge is -2.13. The summed E-state index contributed by atoms with van der Waals surface area (Å²) in [5.74, 6) is 1.39. The van der Waals surface area contributed by atoms with Crippen LogP contribution in [0.1, 0.15) is 0 Å². The van der Waals surface area contributed by atoms with Crippen LogP contribution in [-0.4, -0.2) is 21.1 Å². The quantitative estimate of drug-likeness (QED) is 0.726. The molecule has 0 bridgehead atoms. The number of aromatic nitrogens is 3. The Balaban J connectivity index is 1.94. The molecule has 110 valence electrons. The van der Waals surface area contributed by atoms with Crippen LogP contribution >= 0.6 is 15.9 Å². The molecule has 0 saturated carbocycles. The minimum Gasteiger partial charge on any atom is -0.369 e. The predicted molar refractivity (Wildman–Crippen MR) is 84.5 cm³/mol. The standard InChI is InChI=1S/C15H11BrFN5/c16-10-7-9-8-19-15(20-12-4-2-1-3-11(12)17)21-13(9)22-6-5-18-14(10)22/h1-4,7-8,18H,5-6H2. The van der Waals surface area contributed by atoms with Crippen molar-refractivity contribution >= 4 is 27.4 Å². The minimum absolute atomic E-state index is 0.235. The van der Waals surface area contributed by atoms with E-state index in [1.165, 1.54) is 6.07 Å². The van der Waals surface area contributed by atoms with Gasteiger partial charge in [-0.1, -0.05) is 12.1 Å². The predicted octanol–water partition coefficient (Wildman–Crippen LogP) is 2.94. The van der Waals surface area contributed by atoms with E-state index in [0.29, 0.717) is 0 Å². The van der Waals surface area contributed by atoms with E-state index in [2.05, 4.69) is 40.8 Å². The van der Waals surface area contributed by atoms with E-state index in [1.54, 1.807) is 24.4 Å². The van der Waals surface area contributed by atoms with Gasteiger partial charge in [-0.05, 0) is 34.1 Å². The summed E-state index contributed by atoms with van der Waals surface area (Å²) >= 11 is 3.54. The number of para-hydroxylation sites is 1. The van der Waals surface area contributed by atoms with E-state index >= 15 is 0 Å². The van der Waals surface area contributed by atoms with Crippen molar-refractivity contribution in [3.8, 4) is 11.4 Å². The highest BCUT2D eigenvalue weighted by molar-refractivity contribution is 9.10. The SMILES string of the molecule is Fc1ccccc1N=c1ncc2cc(Br)c3n(c-2n1)CCN3. The molecule has 4 rings (SSSR count). The van der Waals surface area contributed by atoms with Crippen molar-refractivity contribution < 1.29 is 4.39 Å². The highest BCUT2D eigenvalue weighted by atomic mass is 79.9. The Labute approximate surface area is 134 Å². The molecule has 5 nitrogen and oxygen atoms in total. The number of hydrogen-bond acceptors (Lipinski definition) is 4. The maximum atomic E-state index is 13.7. The second-order valence-electron chi connectivity index (χ2n) is 4.93. The van der Waals surface area contributed by atoms with Crippen LogP contribution in [0.15, 0.2) is 46.0 Å². The molecular weight excluding hydrogens is 349 g/mol. The van der Waals surface area contributed by atoms with Crippen LogP contribution in [0.25, 0.3) is 11.4 Å². The minimum atomic E-state index is -0.387. The van der Waals surface area contributed by atoms with Crippen LogP contribution in [0, 0.1) is 5.82 Å². The number of nitrogens with one attached hydrogen (secondary N) is 1. The molecule has 0 radical (unpaired) electrons. The lowest BCUT2D eigenvalue weighted by Crippen LogP contribution is -2.17. The molecule has 0 aliphatic carbocycles. The third kappa shape index (κ3) is 2.18. The molecule has 22 heavy (non-hydrogen) atoms. The van der Waals surface area contributed by atoms with E-state index in [4.69, 9.17) is 0 Å². The molecule has 0 fully saturated rings. The van der Waals surface area contributed by atoms with E-state index in [9.17, 15) is 4.39 Å². The topological polar surface area (TPSA) is 55.1 Å². The normalized spacial score (nSPS) is 14.2. The van der Waals surface area contributed by atoms with Gasteiger partial charge in [-0.2, -0.15) is 4.98 Å². The molecule has 3 aliphatic heterocycles. The third-order valence-electron chi connectivity index (χ3n) is 3.52. The summed E-state index contributed by atoms with van der Waals surface area (Å²) in [6, 6.07) is 8.29. The maximum absolute atomic E-state index is 13.7. The zero-order valence-electron chi connectivity index (χ0n) is 11.4. The molecule has 0 aromatic heterocycles. The summed E-state index contributed by atoms with van der Waals surface area (Å²) in [5.41, 5.74) is 1.40. The summed E-state index contributed by atoms with van der Waals surface area (Å²) in [4.78, 5) is 12.9. The molecule has 0 atom stereocenters. The Bertz CT molecular complexity index is 905. The number of pyridine rings is 1. The summed E-state index contributed by atoms with van der Waals surface area (Å²) in [6.45, 7) is 1.67. The summed E-state index contributed by atoms with van der Waals surface area (Å²) < 4.78 is 16.7. The number of fused-ring (bicyclic) bond motifs is 3. The van der Waals surface area contributed by atoms with Gasteiger partial charge < -0.3 is 9.88 Å². The fraction of sp³-hybridized carbons (Fsp3) is 0.133. The Kier molecular flexibility index (Phi) is 3.15. The van der Waals surface area contributed by atoms with Gasteiger partial charge in [0.05, 0.1) is 4.47 Å². The van der Waals surface area contributed by atoms with Crippen molar-refractivity contribution in [1.29, 1.82) is 0 Å². The molecular formula is C15H11BrFN5. The fourth-order valence-electron chi connectivity index (χ4n) is 2.52. The number of halogens is 2. The van der Waals surface area contributed by atoms with Crippen LogP contribution in [0.5, 0.6) is 0 Å². The highest BCUT2D eigenvalue weighted by Gasteiger charge is 2.19. The molecule has 1 N–H and O–H groups in total. The van der Waals surface area contributed by atoms with Crippen LogP contribution in [0.3, 0.4) is 0 Å². The largest absolute Gasteiger partial charge is 0.369 e. The molecule has 0 saturated heterocycles. The van der Waals surface area contributed by atoms with Crippen molar-refractivity contribution in [2.75, 3.05) is 11.9 Å². The Morgan fingerprint density at radius 1 is 1.32 bits per heavy atom. The molecule has 1 aromatic carbocycles. The van der Waals surface area contributed by atoms with E-state index in [1.807, 2.05) is 6.07 Å². The molecule has 0 spiro atoms. The summed E-state index contributed by atoms with van der Waals surface area (Å²) in [6.07, 6.45) is 1.71. The average molecular weight is 360 g/mol. The molecule has 1 aromatic rings. The van der Waals surface area contributed by atoms with Crippen molar-refractivity contribution in [1.82, 2.24) is 14.5 Å². The number of rotatable bonds is 1. The second-order valence-corrected chi connectivity index (χ2v) is 5.79. The van der Waals surface area contributed by atoms with Gasteiger partial charge >= 0.3 is 0 Å². The molecule has 0 amide bonds. The van der Waals surface area contributed by atoms with Gasteiger partial charge in [0.15, 0.2) is 0 Å². The van der Waals surface area contributed by atoms with E-state index in [0.717, 1.165) is 34.8 Å². The van der Waals surface area contributed by atoms with Gasteiger partial charge in [-0.25, -0.2) is 14.4 Å². The highest BCUT2D eigenvalue weighted by Crippen LogP contribution is 2.33. The van der Waals surface area contributed by atoms with Gasteiger partial charge in [-0.15, -0.1) is 0 Å². The Morgan fingerprint density at radius 3 is 3.05 bits per heavy atom. The van der Waals surface area contributed by atoms with Crippen LogP contribution in [0.2, 0.25) is 0 Å². The van der Waals surface area contributed by atoms with E-state index in [-0.39, 0.29) is 17.1 Å². The van der Waals surface area contributed by atoms with Gasteiger partial charge in [-0.3, -0.25) is 0 Å².